The van der Waals surface area contributed by atoms with Crippen molar-refractivity contribution in [2.24, 2.45) is 5.92 Å². The molecule has 0 atom stereocenters. The first-order chi connectivity index (χ1) is 11.3. The van der Waals surface area contributed by atoms with E-state index in [1.807, 2.05) is 13.8 Å². The minimum atomic E-state index is -0.940. The fourth-order valence-corrected chi connectivity index (χ4v) is 2.08. The highest BCUT2D eigenvalue weighted by atomic mass is 19.1. The third kappa shape index (κ3) is 4.37. The van der Waals surface area contributed by atoms with Crippen LogP contribution in [-0.4, -0.2) is 21.6 Å². The highest BCUT2D eigenvalue weighted by Gasteiger charge is 2.15. The van der Waals surface area contributed by atoms with Crippen LogP contribution in [0.4, 0.5) is 20.2 Å². The van der Waals surface area contributed by atoms with Crippen molar-refractivity contribution in [2.75, 3.05) is 10.6 Å². The molecule has 1 aromatic heterocycles. The van der Waals surface area contributed by atoms with Crippen LogP contribution in [0.25, 0.3) is 0 Å². The maximum absolute atomic E-state index is 13.8. The highest BCUT2D eigenvalue weighted by Crippen LogP contribution is 2.24. The number of carbonyl (C=O) groups excluding carboxylic acids is 2. The number of carbonyl (C=O) groups is 2. The summed E-state index contributed by atoms with van der Waals surface area (Å²) in [4.78, 5) is 23.2. The molecule has 0 aliphatic rings. The van der Waals surface area contributed by atoms with Crippen LogP contribution in [0.2, 0.25) is 0 Å². The predicted molar refractivity (Wildman–Crippen MR) is 85.7 cm³/mol. The number of aromatic nitrogens is 2. The van der Waals surface area contributed by atoms with Crippen LogP contribution < -0.4 is 10.6 Å². The van der Waals surface area contributed by atoms with Crippen LogP contribution in [0.5, 0.6) is 0 Å². The van der Waals surface area contributed by atoms with Crippen molar-refractivity contribution < 1.29 is 18.4 Å². The topological polar surface area (TPSA) is 76.0 Å². The van der Waals surface area contributed by atoms with Gasteiger partial charge in [0.1, 0.15) is 11.6 Å². The van der Waals surface area contributed by atoms with E-state index in [1.165, 1.54) is 13.1 Å². The Morgan fingerprint density at radius 3 is 2.38 bits per heavy atom. The molecule has 0 saturated carbocycles. The Bertz CT molecular complexity index is 771. The third-order valence-corrected chi connectivity index (χ3v) is 3.06. The van der Waals surface area contributed by atoms with Gasteiger partial charge in [-0.3, -0.25) is 14.3 Å². The monoisotopic (exact) mass is 336 g/mol. The van der Waals surface area contributed by atoms with Crippen LogP contribution in [0.15, 0.2) is 24.5 Å². The van der Waals surface area contributed by atoms with E-state index in [2.05, 4.69) is 15.7 Å². The zero-order valence-corrected chi connectivity index (χ0v) is 13.6. The van der Waals surface area contributed by atoms with Gasteiger partial charge in [-0.05, 0) is 12.0 Å². The van der Waals surface area contributed by atoms with E-state index < -0.39 is 23.4 Å². The van der Waals surface area contributed by atoms with Gasteiger partial charge in [-0.1, -0.05) is 13.8 Å². The first-order valence-electron chi connectivity index (χ1n) is 7.36. The number of hydrogen-bond acceptors (Lipinski definition) is 3. The Balaban J connectivity index is 2.19. The minimum absolute atomic E-state index is 0.213. The molecule has 0 unspecified atom stereocenters. The van der Waals surface area contributed by atoms with Gasteiger partial charge in [0.25, 0.3) is 5.91 Å². The van der Waals surface area contributed by atoms with E-state index >= 15 is 0 Å². The molecule has 2 aromatic rings. The number of halogens is 2. The van der Waals surface area contributed by atoms with Gasteiger partial charge in [-0.25, -0.2) is 8.78 Å². The van der Waals surface area contributed by atoms with E-state index in [9.17, 15) is 18.4 Å². The lowest BCUT2D eigenvalue weighted by atomic mass is 10.2. The Morgan fingerprint density at radius 1 is 1.17 bits per heavy atom. The van der Waals surface area contributed by atoms with E-state index in [4.69, 9.17) is 0 Å². The molecule has 6 nitrogen and oxygen atoms in total. The molecule has 0 fully saturated rings. The second kappa shape index (κ2) is 7.20. The van der Waals surface area contributed by atoms with E-state index in [1.54, 1.807) is 10.9 Å². The summed E-state index contributed by atoms with van der Waals surface area (Å²) in [6.07, 6.45) is 2.92. The van der Waals surface area contributed by atoms with Crippen molar-refractivity contribution in [3.05, 3.63) is 41.7 Å². The van der Waals surface area contributed by atoms with E-state index in [-0.39, 0.29) is 16.9 Å². The fourth-order valence-electron chi connectivity index (χ4n) is 2.08. The maximum Gasteiger partial charge on any atom is 0.258 e. The molecule has 2 N–H and O–H groups in total. The Kier molecular flexibility index (Phi) is 5.28. The van der Waals surface area contributed by atoms with Gasteiger partial charge in [0, 0.05) is 25.7 Å². The number of amides is 2. The molecule has 1 aromatic carbocycles. The van der Waals surface area contributed by atoms with Crippen LogP contribution in [0.3, 0.4) is 0 Å². The number of hydrogen-bond donors (Lipinski definition) is 2. The van der Waals surface area contributed by atoms with Crippen LogP contribution in [-0.2, 0) is 11.3 Å². The minimum Gasteiger partial charge on any atom is -0.324 e. The van der Waals surface area contributed by atoms with E-state index in [0.717, 1.165) is 6.07 Å². The molecule has 0 saturated heterocycles. The molecule has 0 aliphatic heterocycles. The van der Waals surface area contributed by atoms with Crippen molar-refractivity contribution in [3.8, 4) is 0 Å². The average Bonchev–Trinajstić information content (AvgIpc) is 2.91. The van der Waals surface area contributed by atoms with Gasteiger partial charge in [0.05, 0.1) is 23.1 Å². The van der Waals surface area contributed by atoms with Gasteiger partial charge in [0.15, 0.2) is 0 Å². The number of rotatable bonds is 5. The van der Waals surface area contributed by atoms with Crippen LogP contribution in [0, 0.1) is 17.6 Å². The number of benzene rings is 1. The number of nitrogens with zero attached hydrogens (tertiary/aromatic N) is 2. The summed E-state index contributed by atoms with van der Waals surface area (Å²) < 4.78 is 29.0. The molecule has 0 bridgehead atoms. The van der Waals surface area contributed by atoms with Crippen molar-refractivity contribution in [1.29, 1.82) is 0 Å². The van der Waals surface area contributed by atoms with Gasteiger partial charge in [0.2, 0.25) is 5.91 Å². The second-order valence-corrected chi connectivity index (χ2v) is 5.79. The molecule has 0 radical (unpaired) electrons. The molecule has 8 heteroatoms. The second-order valence-electron chi connectivity index (χ2n) is 5.79. The molecule has 2 rings (SSSR count). The Morgan fingerprint density at radius 2 is 1.79 bits per heavy atom. The Hall–Kier alpha value is -2.77. The molecule has 0 spiro atoms. The zero-order valence-electron chi connectivity index (χ0n) is 13.6. The molecule has 24 heavy (non-hydrogen) atoms. The van der Waals surface area contributed by atoms with Crippen molar-refractivity contribution in [1.82, 2.24) is 9.78 Å². The molecular weight excluding hydrogens is 318 g/mol. The number of anilines is 2. The van der Waals surface area contributed by atoms with E-state index in [0.29, 0.717) is 18.5 Å². The smallest absolute Gasteiger partial charge is 0.258 e. The number of nitrogens with one attached hydrogen (secondary N) is 2. The summed E-state index contributed by atoms with van der Waals surface area (Å²) in [6, 6.07) is 1.63. The van der Waals surface area contributed by atoms with Crippen LogP contribution in [0.1, 0.15) is 31.1 Å². The molecular formula is C16H18F2N4O2. The molecule has 128 valence electrons. The van der Waals surface area contributed by atoms with Gasteiger partial charge < -0.3 is 10.6 Å². The predicted octanol–water partition coefficient (Wildman–Crippen LogP) is 3.03. The first kappa shape index (κ1) is 17.6. The van der Waals surface area contributed by atoms with Gasteiger partial charge >= 0.3 is 0 Å². The quantitative estimate of drug-likeness (QED) is 0.881. The SMILES string of the molecule is CC(=O)Nc1cc(NC(=O)c2cnn(CC(C)C)c2)c(F)cc1F. The largest absolute Gasteiger partial charge is 0.324 e. The lowest BCUT2D eigenvalue weighted by Gasteiger charge is -2.09. The molecule has 2 amide bonds. The van der Waals surface area contributed by atoms with Crippen molar-refractivity contribution in [3.63, 3.8) is 0 Å². The van der Waals surface area contributed by atoms with Crippen LogP contribution >= 0.6 is 0 Å². The van der Waals surface area contributed by atoms with Crippen molar-refractivity contribution in [2.45, 2.75) is 27.3 Å². The maximum atomic E-state index is 13.8. The van der Waals surface area contributed by atoms with Gasteiger partial charge in [-0.15, -0.1) is 0 Å². The summed E-state index contributed by atoms with van der Waals surface area (Å²) >= 11 is 0. The molecule has 1 heterocycles. The normalized spacial score (nSPS) is 10.8. The van der Waals surface area contributed by atoms with Gasteiger partial charge in [-0.2, -0.15) is 5.10 Å². The highest BCUT2D eigenvalue weighted by molar-refractivity contribution is 6.04. The Labute approximate surface area is 137 Å². The fraction of sp³-hybridized carbons (Fsp3) is 0.312. The summed E-state index contributed by atoms with van der Waals surface area (Å²) in [5, 5.41) is 8.64. The molecule has 0 aliphatic carbocycles. The van der Waals surface area contributed by atoms with Crippen molar-refractivity contribution >= 4 is 23.2 Å². The zero-order chi connectivity index (χ0) is 17.9. The summed E-state index contributed by atoms with van der Waals surface area (Å²) in [5.41, 5.74) is -0.197. The lowest BCUT2D eigenvalue weighted by Crippen LogP contribution is -2.14. The summed E-state index contributed by atoms with van der Waals surface area (Å²) in [6.45, 7) is 5.87. The summed E-state index contributed by atoms with van der Waals surface area (Å²) in [5.74, 6) is -2.59. The standard InChI is InChI=1S/C16H18F2N4O2/c1-9(2)7-22-8-11(6-19-22)16(24)21-15-5-14(20-10(3)23)12(17)4-13(15)18/h4-6,8-9H,7H2,1-3H3,(H,20,23)(H,21,24). The first-order valence-corrected chi connectivity index (χ1v) is 7.36. The lowest BCUT2D eigenvalue weighted by molar-refractivity contribution is -0.114. The summed E-state index contributed by atoms with van der Waals surface area (Å²) in [7, 11) is 0. The average molecular weight is 336 g/mol. The third-order valence-electron chi connectivity index (χ3n) is 3.06.